The SMILES string of the molecule is CCCCCCn1cc(S(=O)(=O)N2CCOCC2C)c(=O)[nH]c1=O. The third kappa shape index (κ3) is 4.14. The molecule has 24 heavy (non-hydrogen) atoms. The zero-order valence-corrected chi connectivity index (χ0v) is 15.0. The van der Waals surface area contributed by atoms with Crippen LogP contribution in [0.15, 0.2) is 20.7 Å². The summed E-state index contributed by atoms with van der Waals surface area (Å²) in [6.07, 6.45) is 4.99. The van der Waals surface area contributed by atoms with Crippen molar-refractivity contribution in [3.05, 3.63) is 27.0 Å². The summed E-state index contributed by atoms with van der Waals surface area (Å²) < 4.78 is 33.4. The van der Waals surface area contributed by atoms with Crippen molar-refractivity contribution in [2.45, 2.75) is 57.0 Å². The molecule has 1 saturated heterocycles. The molecule has 0 aliphatic carbocycles. The van der Waals surface area contributed by atoms with Crippen molar-refractivity contribution in [1.29, 1.82) is 0 Å². The molecule has 0 bridgehead atoms. The Morgan fingerprint density at radius 3 is 2.71 bits per heavy atom. The summed E-state index contributed by atoms with van der Waals surface area (Å²) in [6, 6.07) is -0.354. The first-order valence-corrected chi connectivity index (χ1v) is 9.75. The van der Waals surface area contributed by atoms with Crippen molar-refractivity contribution in [1.82, 2.24) is 13.9 Å². The van der Waals surface area contributed by atoms with E-state index < -0.39 is 21.3 Å². The number of rotatable bonds is 7. The van der Waals surface area contributed by atoms with Crippen molar-refractivity contribution >= 4 is 10.0 Å². The highest BCUT2D eigenvalue weighted by molar-refractivity contribution is 7.89. The maximum atomic E-state index is 12.8. The predicted molar refractivity (Wildman–Crippen MR) is 89.6 cm³/mol. The standard InChI is InChI=1S/C15H25N3O5S/c1-3-4-5-6-7-17-10-13(14(19)16-15(17)20)24(21,22)18-8-9-23-11-12(18)2/h10,12H,3-9,11H2,1-2H3,(H,16,19,20). The van der Waals surface area contributed by atoms with Gasteiger partial charge in [-0.3, -0.25) is 14.3 Å². The van der Waals surface area contributed by atoms with Gasteiger partial charge in [0, 0.05) is 25.3 Å². The Morgan fingerprint density at radius 2 is 2.04 bits per heavy atom. The van der Waals surface area contributed by atoms with Gasteiger partial charge in [-0.25, -0.2) is 13.2 Å². The quantitative estimate of drug-likeness (QED) is 0.716. The van der Waals surface area contributed by atoms with Gasteiger partial charge in [-0.2, -0.15) is 4.31 Å². The number of aromatic nitrogens is 2. The summed E-state index contributed by atoms with van der Waals surface area (Å²) >= 11 is 0. The number of sulfonamides is 1. The zero-order valence-electron chi connectivity index (χ0n) is 14.2. The molecule has 1 fully saturated rings. The van der Waals surface area contributed by atoms with E-state index in [1.165, 1.54) is 15.1 Å². The van der Waals surface area contributed by atoms with Crippen LogP contribution in [0, 0.1) is 0 Å². The molecule has 1 N–H and O–H groups in total. The Balaban J connectivity index is 2.31. The molecule has 2 heterocycles. The summed E-state index contributed by atoms with van der Waals surface area (Å²) in [6.45, 7) is 4.97. The molecule has 1 atom stereocenters. The van der Waals surface area contributed by atoms with Gasteiger partial charge < -0.3 is 4.74 Å². The highest BCUT2D eigenvalue weighted by Crippen LogP contribution is 2.17. The Kier molecular flexibility index (Phi) is 6.36. The molecule has 1 aromatic heterocycles. The van der Waals surface area contributed by atoms with Crippen LogP contribution in [0.25, 0.3) is 0 Å². The molecule has 9 heteroatoms. The second-order valence-electron chi connectivity index (χ2n) is 6.05. The number of H-pyrrole nitrogens is 1. The van der Waals surface area contributed by atoms with Crippen LogP contribution in [0.5, 0.6) is 0 Å². The second-order valence-corrected chi connectivity index (χ2v) is 7.91. The number of hydrogen-bond donors (Lipinski definition) is 1. The van der Waals surface area contributed by atoms with Crippen LogP contribution in [0.4, 0.5) is 0 Å². The largest absolute Gasteiger partial charge is 0.378 e. The third-order valence-electron chi connectivity index (χ3n) is 4.12. The lowest BCUT2D eigenvalue weighted by atomic mass is 10.2. The number of nitrogens with one attached hydrogen (secondary N) is 1. The van der Waals surface area contributed by atoms with Gasteiger partial charge in [-0.1, -0.05) is 26.2 Å². The number of nitrogens with zero attached hydrogens (tertiary/aromatic N) is 2. The van der Waals surface area contributed by atoms with Gasteiger partial charge in [0.15, 0.2) is 4.90 Å². The summed E-state index contributed by atoms with van der Waals surface area (Å²) in [4.78, 5) is 25.7. The number of aromatic amines is 1. The molecule has 1 aliphatic heterocycles. The first kappa shape index (κ1) is 18.9. The average molecular weight is 359 g/mol. The van der Waals surface area contributed by atoms with E-state index in [4.69, 9.17) is 4.74 Å². The topological polar surface area (TPSA) is 101 Å². The molecule has 0 saturated carbocycles. The molecule has 1 aromatic rings. The predicted octanol–water partition coefficient (Wildman–Crippen LogP) is 0.526. The van der Waals surface area contributed by atoms with E-state index >= 15 is 0 Å². The minimum Gasteiger partial charge on any atom is -0.378 e. The highest BCUT2D eigenvalue weighted by Gasteiger charge is 2.33. The number of unbranched alkanes of at least 4 members (excludes halogenated alkanes) is 3. The first-order chi connectivity index (χ1) is 11.4. The minimum atomic E-state index is -3.97. The van der Waals surface area contributed by atoms with Gasteiger partial charge >= 0.3 is 5.69 Å². The normalized spacial score (nSPS) is 19.5. The first-order valence-electron chi connectivity index (χ1n) is 8.31. The van der Waals surface area contributed by atoms with Crippen LogP contribution >= 0.6 is 0 Å². The van der Waals surface area contributed by atoms with Gasteiger partial charge in [0.05, 0.1) is 13.2 Å². The van der Waals surface area contributed by atoms with E-state index in [-0.39, 0.29) is 30.7 Å². The van der Waals surface area contributed by atoms with Gasteiger partial charge in [0.2, 0.25) is 10.0 Å². The Morgan fingerprint density at radius 1 is 1.29 bits per heavy atom. The summed E-state index contributed by atoms with van der Waals surface area (Å²) in [5, 5.41) is 0. The Hall–Kier alpha value is -1.45. The molecule has 1 unspecified atom stereocenters. The molecule has 0 radical (unpaired) electrons. The minimum absolute atomic E-state index is 0.193. The van der Waals surface area contributed by atoms with E-state index in [1.807, 2.05) is 0 Å². The molecule has 2 rings (SSSR count). The third-order valence-corrected chi connectivity index (χ3v) is 6.13. The molecule has 0 aromatic carbocycles. The van der Waals surface area contributed by atoms with Crippen molar-refractivity contribution < 1.29 is 13.2 Å². The van der Waals surface area contributed by atoms with Crippen LogP contribution in [0.1, 0.15) is 39.5 Å². The van der Waals surface area contributed by atoms with Crippen LogP contribution in [-0.4, -0.2) is 48.1 Å². The van der Waals surface area contributed by atoms with Gasteiger partial charge in [0.1, 0.15) is 0 Å². The van der Waals surface area contributed by atoms with Crippen molar-refractivity contribution in [3.63, 3.8) is 0 Å². The van der Waals surface area contributed by atoms with E-state index in [0.29, 0.717) is 6.54 Å². The highest BCUT2D eigenvalue weighted by atomic mass is 32.2. The fourth-order valence-corrected chi connectivity index (χ4v) is 4.39. The smallest absolute Gasteiger partial charge is 0.328 e. The van der Waals surface area contributed by atoms with E-state index in [9.17, 15) is 18.0 Å². The lowest BCUT2D eigenvalue weighted by molar-refractivity contribution is 0.0392. The molecule has 8 nitrogen and oxygen atoms in total. The van der Waals surface area contributed by atoms with Crippen LogP contribution in [-0.2, 0) is 21.3 Å². The average Bonchev–Trinajstić information content (AvgIpc) is 2.53. The van der Waals surface area contributed by atoms with E-state index in [0.717, 1.165) is 25.7 Å². The van der Waals surface area contributed by atoms with Crippen molar-refractivity contribution in [2.24, 2.45) is 0 Å². The molecule has 1 aliphatic rings. The number of morpholine rings is 1. The number of aryl methyl sites for hydroxylation is 1. The van der Waals surface area contributed by atoms with Crippen LogP contribution in [0.3, 0.4) is 0 Å². The lowest BCUT2D eigenvalue weighted by Gasteiger charge is -2.31. The molecular formula is C15H25N3O5S. The molecule has 136 valence electrons. The fraction of sp³-hybridized carbons (Fsp3) is 0.733. The van der Waals surface area contributed by atoms with Crippen molar-refractivity contribution in [3.8, 4) is 0 Å². The fourth-order valence-electron chi connectivity index (χ4n) is 2.74. The van der Waals surface area contributed by atoms with E-state index in [1.54, 1.807) is 6.92 Å². The van der Waals surface area contributed by atoms with E-state index in [2.05, 4.69) is 11.9 Å². The van der Waals surface area contributed by atoms with Crippen LogP contribution < -0.4 is 11.2 Å². The Bertz CT molecular complexity index is 768. The Labute approximate surface area is 141 Å². The lowest BCUT2D eigenvalue weighted by Crippen LogP contribution is -2.48. The summed E-state index contributed by atoms with van der Waals surface area (Å²) in [5.41, 5.74) is -1.45. The number of ether oxygens (including phenoxy) is 1. The summed E-state index contributed by atoms with van der Waals surface area (Å²) in [5.74, 6) is 0. The maximum absolute atomic E-state index is 12.8. The van der Waals surface area contributed by atoms with Crippen LogP contribution in [0.2, 0.25) is 0 Å². The van der Waals surface area contributed by atoms with Crippen molar-refractivity contribution in [2.75, 3.05) is 19.8 Å². The number of hydrogen-bond acceptors (Lipinski definition) is 5. The summed E-state index contributed by atoms with van der Waals surface area (Å²) in [7, 11) is -3.97. The molecule has 0 amide bonds. The van der Waals surface area contributed by atoms with Gasteiger partial charge in [-0.15, -0.1) is 0 Å². The zero-order chi connectivity index (χ0) is 17.7. The second kappa shape index (κ2) is 8.09. The molecule has 0 spiro atoms. The maximum Gasteiger partial charge on any atom is 0.328 e. The van der Waals surface area contributed by atoms with Gasteiger partial charge in [0.25, 0.3) is 5.56 Å². The molecular weight excluding hydrogens is 334 g/mol. The monoisotopic (exact) mass is 359 g/mol. The van der Waals surface area contributed by atoms with Gasteiger partial charge in [-0.05, 0) is 13.3 Å².